The van der Waals surface area contributed by atoms with Crippen molar-refractivity contribution in [2.45, 2.75) is 37.3 Å². The van der Waals surface area contributed by atoms with Crippen LogP contribution in [-0.2, 0) is 16.1 Å². The number of benzene rings is 1. The quantitative estimate of drug-likeness (QED) is 0.560. The van der Waals surface area contributed by atoms with Gasteiger partial charge >= 0.3 is 0 Å². The highest BCUT2D eigenvalue weighted by atomic mass is 16.7. The zero-order chi connectivity index (χ0) is 13.8. The minimum absolute atomic E-state index is 0.198. The monoisotopic (exact) mass is 270 g/mol. The topological polar surface area (TPSA) is 99.4 Å². The SMILES string of the molecule is OC[C@H]1OC(OCc2ccccc2)[C@@H](O)[C@H](O)[C@H]1O. The molecule has 1 fully saturated rings. The third kappa shape index (κ3) is 3.30. The first-order chi connectivity index (χ1) is 9.13. The van der Waals surface area contributed by atoms with Crippen LogP contribution >= 0.6 is 0 Å². The highest BCUT2D eigenvalue weighted by molar-refractivity contribution is 5.13. The molecule has 0 aromatic heterocycles. The lowest BCUT2D eigenvalue weighted by molar-refractivity contribution is -0.304. The lowest BCUT2D eigenvalue weighted by atomic mass is 9.99. The Morgan fingerprint density at radius 3 is 2.32 bits per heavy atom. The second-order valence-corrected chi connectivity index (χ2v) is 4.49. The average molecular weight is 270 g/mol. The van der Waals surface area contributed by atoms with E-state index in [-0.39, 0.29) is 6.61 Å². The Morgan fingerprint density at radius 1 is 1.00 bits per heavy atom. The van der Waals surface area contributed by atoms with Gasteiger partial charge in [-0.1, -0.05) is 30.3 Å². The molecule has 1 aromatic rings. The molecular weight excluding hydrogens is 252 g/mol. The van der Waals surface area contributed by atoms with Crippen molar-refractivity contribution in [1.82, 2.24) is 0 Å². The number of rotatable bonds is 4. The third-order valence-corrected chi connectivity index (χ3v) is 3.11. The fourth-order valence-electron chi connectivity index (χ4n) is 1.96. The van der Waals surface area contributed by atoms with Gasteiger partial charge in [0.15, 0.2) is 6.29 Å². The predicted octanol–water partition coefficient (Wildman–Crippen LogP) is -0.997. The van der Waals surface area contributed by atoms with Crippen molar-refractivity contribution >= 4 is 0 Å². The summed E-state index contributed by atoms with van der Waals surface area (Å²) in [5, 5.41) is 38.0. The number of ether oxygens (including phenoxy) is 2. The maximum absolute atomic E-state index is 9.76. The first kappa shape index (κ1) is 14.4. The van der Waals surface area contributed by atoms with E-state index < -0.39 is 37.3 Å². The fraction of sp³-hybridized carbons (Fsp3) is 0.538. The molecule has 1 aliphatic heterocycles. The number of hydrogen-bond acceptors (Lipinski definition) is 6. The summed E-state index contributed by atoms with van der Waals surface area (Å²) in [7, 11) is 0. The molecule has 0 amide bonds. The summed E-state index contributed by atoms with van der Waals surface area (Å²) in [5.74, 6) is 0. The van der Waals surface area contributed by atoms with Crippen LogP contribution in [0.3, 0.4) is 0 Å². The van der Waals surface area contributed by atoms with Crippen LogP contribution in [0.5, 0.6) is 0 Å². The Hall–Kier alpha value is -1.02. The lowest BCUT2D eigenvalue weighted by Crippen LogP contribution is -2.59. The molecule has 5 atom stereocenters. The van der Waals surface area contributed by atoms with E-state index in [1.54, 1.807) is 0 Å². The summed E-state index contributed by atoms with van der Waals surface area (Å²) in [4.78, 5) is 0. The van der Waals surface area contributed by atoms with E-state index in [1.165, 1.54) is 0 Å². The molecule has 4 N–H and O–H groups in total. The highest BCUT2D eigenvalue weighted by Gasteiger charge is 2.43. The van der Waals surface area contributed by atoms with E-state index in [0.29, 0.717) is 0 Å². The molecule has 1 saturated heterocycles. The summed E-state index contributed by atoms with van der Waals surface area (Å²) in [5.41, 5.74) is 0.888. The molecule has 0 aliphatic carbocycles. The molecule has 1 unspecified atom stereocenters. The first-order valence-corrected chi connectivity index (χ1v) is 6.09. The number of aliphatic hydroxyl groups excluding tert-OH is 4. The Morgan fingerprint density at radius 2 is 1.68 bits per heavy atom. The standard InChI is InChI=1S/C13H18O6/c14-6-9-10(15)11(16)12(17)13(19-9)18-7-8-4-2-1-3-5-8/h1-5,9-17H,6-7H2/t9-,10+,11-,12+,13?/m1/s1. The molecular formula is C13H18O6. The largest absolute Gasteiger partial charge is 0.394 e. The molecule has 106 valence electrons. The van der Waals surface area contributed by atoms with E-state index in [2.05, 4.69) is 0 Å². The van der Waals surface area contributed by atoms with Gasteiger partial charge in [0, 0.05) is 0 Å². The number of hydrogen-bond donors (Lipinski definition) is 4. The van der Waals surface area contributed by atoms with Crippen LogP contribution in [0.2, 0.25) is 0 Å². The van der Waals surface area contributed by atoms with Crippen molar-refractivity contribution in [3.63, 3.8) is 0 Å². The van der Waals surface area contributed by atoms with Crippen molar-refractivity contribution < 1.29 is 29.9 Å². The van der Waals surface area contributed by atoms with Gasteiger partial charge < -0.3 is 29.9 Å². The zero-order valence-electron chi connectivity index (χ0n) is 10.3. The molecule has 6 nitrogen and oxygen atoms in total. The van der Waals surface area contributed by atoms with E-state index >= 15 is 0 Å². The van der Waals surface area contributed by atoms with Gasteiger partial charge in [0.1, 0.15) is 24.4 Å². The molecule has 0 bridgehead atoms. The fourth-order valence-corrected chi connectivity index (χ4v) is 1.96. The molecule has 1 aliphatic rings. The van der Waals surface area contributed by atoms with Crippen LogP contribution in [0, 0.1) is 0 Å². The smallest absolute Gasteiger partial charge is 0.187 e. The zero-order valence-corrected chi connectivity index (χ0v) is 10.3. The summed E-state index contributed by atoms with van der Waals surface area (Å²) in [6, 6.07) is 9.28. The number of aliphatic hydroxyl groups is 4. The highest BCUT2D eigenvalue weighted by Crippen LogP contribution is 2.22. The van der Waals surface area contributed by atoms with Gasteiger partial charge in [0.25, 0.3) is 0 Å². The van der Waals surface area contributed by atoms with Crippen LogP contribution in [0.1, 0.15) is 5.56 Å². The molecule has 6 heteroatoms. The van der Waals surface area contributed by atoms with Gasteiger partial charge in [0.05, 0.1) is 13.2 Å². The Kier molecular flexibility index (Phi) is 4.87. The summed E-state index contributed by atoms with van der Waals surface area (Å²) >= 11 is 0. The van der Waals surface area contributed by atoms with E-state index in [1.807, 2.05) is 30.3 Å². The van der Waals surface area contributed by atoms with E-state index in [9.17, 15) is 15.3 Å². The molecule has 2 rings (SSSR count). The van der Waals surface area contributed by atoms with E-state index in [0.717, 1.165) is 5.56 Å². The molecule has 19 heavy (non-hydrogen) atoms. The summed E-state index contributed by atoms with van der Waals surface area (Å²) < 4.78 is 10.6. The predicted molar refractivity (Wildman–Crippen MR) is 65.0 cm³/mol. The second kappa shape index (κ2) is 6.42. The minimum Gasteiger partial charge on any atom is -0.394 e. The van der Waals surface area contributed by atoms with Gasteiger partial charge in [-0.3, -0.25) is 0 Å². The maximum Gasteiger partial charge on any atom is 0.187 e. The van der Waals surface area contributed by atoms with Crippen molar-refractivity contribution in [3.8, 4) is 0 Å². The van der Waals surface area contributed by atoms with Crippen molar-refractivity contribution in [2.75, 3.05) is 6.61 Å². The minimum atomic E-state index is -1.41. The van der Waals surface area contributed by atoms with Gasteiger partial charge in [-0.05, 0) is 5.56 Å². The lowest BCUT2D eigenvalue weighted by Gasteiger charge is -2.39. The van der Waals surface area contributed by atoms with Gasteiger partial charge in [-0.25, -0.2) is 0 Å². The summed E-state index contributed by atoms with van der Waals surface area (Å²) in [6.07, 6.45) is -6.17. The van der Waals surface area contributed by atoms with Gasteiger partial charge in [-0.15, -0.1) is 0 Å². The summed E-state index contributed by atoms with van der Waals surface area (Å²) in [6.45, 7) is -0.264. The Balaban J connectivity index is 1.95. The third-order valence-electron chi connectivity index (χ3n) is 3.11. The normalized spacial score (nSPS) is 35.3. The average Bonchev–Trinajstić information content (AvgIpc) is 2.45. The van der Waals surface area contributed by atoms with Crippen LogP contribution < -0.4 is 0 Å². The van der Waals surface area contributed by atoms with Gasteiger partial charge in [-0.2, -0.15) is 0 Å². The molecule has 1 heterocycles. The molecule has 0 spiro atoms. The Bertz CT molecular complexity index is 382. The van der Waals surface area contributed by atoms with E-state index in [4.69, 9.17) is 14.6 Å². The van der Waals surface area contributed by atoms with Crippen molar-refractivity contribution in [2.24, 2.45) is 0 Å². The van der Waals surface area contributed by atoms with Crippen molar-refractivity contribution in [3.05, 3.63) is 35.9 Å². The second-order valence-electron chi connectivity index (χ2n) is 4.49. The van der Waals surface area contributed by atoms with Crippen LogP contribution in [-0.4, -0.2) is 57.7 Å². The maximum atomic E-state index is 9.76. The van der Waals surface area contributed by atoms with Crippen molar-refractivity contribution in [1.29, 1.82) is 0 Å². The Labute approximate surface area is 110 Å². The van der Waals surface area contributed by atoms with Gasteiger partial charge in [0.2, 0.25) is 0 Å². The van der Waals surface area contributed by atoms with Crippen LogP contribution in [0.25, 0.3) is 0 Å². The molecule has 1 aromatic carbocycles. The first-order valence-electron chi connectivity index (χ1n) is 6.09. The molecule has 0 saturated carbocycles. The van der Waals surface area contributed by atoms with Crippen LogP contribution in [0.15, 0.2) is 30.3 Å². The van der Waals surface area contributed by atoms with Crippen LogP contribution in [0.4, 0.5) is 0 Å². The molecule has 0 radical (unpaired) electrons.